The molecule has 0 unspecified atom stereocenters. The summed E-state index contributed by atoms with van der Waals surface area (Å²) in [5.41, 5.74) is 9.86. The van der Waals surface area contributed by atoms with Crippen LogP contribution < -0.4 is 15.4 Å². The van der Waals surface area contributed by atoms with Crippen molar-refractivity contribution in [3.05, 3.63) is 54.0 Å². The normalized spacial score (nSPS) is 14.2. The fraction of sp³-hybridized carbons (Fsp3) is 0.286. The van der Waals surface area contributed by atoms with Crippen LogP contribution in [0.3, 0.4) is 0 Å². The zero-order valence-electron chi connectivity index (χ0n) is 15.8. The number of ether oxygens (including phenoxy) is 1. The fourth-order valence-electron chi connectivity index (χ4n) is 4.01. The van der Waals surface area contributed by atoms with Crippen molar-refractivity contribution in [2.75, 3.05) is 30.8 Å². The Bertz CT molecular complexity index is 1160. The quantitative estimate of drug-likeness (QED) is 0.591. The molecule has 5 rings (SSSR count). The van der Waals surface area contributed by atoms with Crippen LogP contribution in [0.1, 0.15) is 24.1 Å². The van der Waals surface area contributed by atoms with E-state index in [1.54, 1.807) is 7.11 Å². The molecule has 4 heterocycles. The minimum atomic E-state index is 0.400. The number of imidazole rings is 1. The van der Waals surface area contributed by atoms with Crippen LogP contribution in [0.5, 0.6) is 5.75 Å². The molecule has 1 aliphatic rings. The van der Waals surface area contributed by atoms with Crippen LogP contribution in [-0.4, -0.2) is 39.6 Å². The second-order valence-corrected chi connectivity index (χ2v) is 7.11. The maximum Gasteiger partial charge on any atom is 0.206 e. The van der Waals surface area contributed by atoms with E-state index in [-0.39, 0.29) is 0 Å². The van der Waals surface area contributed by atoms with E-state index < -0.39 is 0 Å². The second kappa shape index (κ2) is 6.67. The lowest BCUT2D eigenvalue weighted by Crippen LogP contribution is -2.20. The summed E-state index contributed by atoms with van der Waals surface area (Å²) in [6, 6.07) is 9.94. The van der Waals surface area contributed by atoms with E-state index in [9.17, 15) is 0 Å². The largest absolute Gasteiger partial charge is 0.494 e. The topological polar surface area (TPSA) is 81.6 Å². The van der Waals surface area contributed by atoms with Gasteiger partial charge in [0, 0.05) is 42.9 Å². The van der Waals surface area contributed by atoms with Crippen LogP contribution in [0.2, 0.25) is 0 Å². The molecule has 2 N–H and O–H groups in total. The molecule has 0 aliphatic carbocycles. The zero-order valence-corrected chi connectivity index (χ0v) is 15.8. The molecule has 0 saturated carbocycles. The van der Waals surface area contributed by atoms with E-state index in [1.165, 1.54) is 18.4 Å². The molecule has 0 radical (unpaired) electrons. The van der Waals surface area contributed by atoms with E-state index >= 15 is 0 Å². The molecule has 142 valence electrons. The lowest BCUT2D eigenvalue weighted by atomic mass is 10.1. The van der Waals surface area contributed by atoms with Crippen molar-refractivity contribution >= 4 is 28.3 Å². The van der Waals surface area contributed by atoms with E-state index in [4.69, 9.17) is 15.5 Å². The molecule has 4 aromatic rings. The molecular weight excluding hydrogens is 352 g/mol. The molecule has 7 heteroatoms. The van der Waals surface area contributed by atoms with Crippen molar-refractivity contribution in [1.29, 1.82) is 0 Å². The number of hydrogen-bond acceptors (Lipinski definition) is 6. The molecule has 3 aromatic heterocycles. The maximum atomic E-state index is 6.22. The highest BCUT2D eigenvalue weighted by Gasteiger charge is 2.18. The number of para-hydroxylation sites is 1. The Hall–Kier alpha value is -3.35. The molecule has 1 aromatic carbocycles. The van der Waals surface area contributed by atoms with Crippen LogP contribution in [0.15, 0.2) is 42.7 Å². The van der Waals surface area contributed by atoms with Gasteiger partial charge in [-0.05, 0) is 31.0 Å². The number of nitrogens with two attached hydrogens (primary N) is 1. The number of anilines is 2. The van der Waals surface area contributed by atoms with Crippen molar-refractivity contribution in [3.8, 4) is 5.75 Å². The van der Waals surface area contributed by atoms with E-state index in [2.05, 4.69) is 20.9 Å². The Morgan fingerprint density at radius 1 is 1.11 bits per heavy atom. The highest BCUT2D eigenvalue weighted by Crippen LogP contribution is 2.29. The fourth-order valence-corrected chi connectivity index (χ4v) is 4.01. The summed E-state index contributed by atoms with van der Waals surface area (Å²) in [5, 5.41) is 0.922. The van der Waals surface area contributed by atoms with Crippen molar-refractivity contribution < 1.29 is 4.74 Å². The van der Waals surface area contributed by atoms with Crippen LogP contribution in [0.25, 0.3) is 16.6 Å². The monoisotopic (exact) mass is 374 g/mol. The lowest BCUT2D eigenvalue weighted by Gasteiger charge is -2.19. The third-order valence-electron chi connectivity index (χ3n) is 5.33. The number of nitrogen functional groups attached to an aromatic ring is 1. The molecule has 1 aliphatic heterocycles. The van der Waals surface area contributed by atoms with Gasteiger partial charge in [-0.1, -0.05) is 12.1 Å². The number of hydrogen-bond donors (Lipinski definition) is 1. The number of pyridine rings is 1. The van der Waals surface area contributed by atoms with Gasteiger partial charge < -0.3 is 15.4 Å². The van der Waals surface area contributed by atoms with Crippen LogP contribution in [-0.2, 0) is 6.42 Å². The van der Waals surface area contributed by atoms with Gasteiger partial charge in [-0.3, -0.25) is 4.40 Å². The van der Waals surface area contributed by atoms with Gasteiger partial charge in [-0.15, -0.1) is 0 Å². The third-order valence-corrected chi connectivity index (χ3v) is 5.33. The van der Waals surface area contributed by atoms with Crippen LogP contribution in [0, 0.1) is 0 Å². The van der Waals surface area contributed by atoms with Gasteiger partial charge in [0.2, 0.25) is 5.95 Å². The summed E-state index contributed by atoms with van der Waals surface area (Å²) in [6.45, 7) is 2.13. The highest BCUT2D eigenvalue weighted by atomic mass is 16.5. The van der Waals surface area contributed by atoms with E-state index in [0.717, 1.165) is 41.2 Å². The summed E-state index contributed by atoms with van der Waals surface area (Å²) in [5.74, 6) is 2.16. The summed E-state index contributed by atoms with van der Waals surface area (Å²) in [6.07, 6.45) is 6.98. The summed E-state index contributed by atoms with van der Waals surface area (Å²) >= 11 is 0. The molecule has 28 heavy (non-hydrogen) atoms. The molecule has 0 atom stereocenters. The van der Waals surface area contributed by atoms with E-state index in [1.807, 2.05) is 41.1 Å². The first kappa shape index (κ1) is 16.8. The van der Waals surface area contributed by atoms with Crippen LogP contribution in [0.4, 0.5) is 11.8 Å². The first-order valence-electron chi connectivity index (χ1n) is 9.53. The van der Waals surface area contributed by atoms with Crippen molar-refractivity contribution in [2.45, 2.75) is 19.3 Å². The highest BCUT2D eigenvalue weighted by molar-refractivity contribution is 5.96. The van der Waals surface area contributed by atoms with Gasteiger partial charge in [-0.2, -0.15) is 0 Å². The molecule has 0 amide bonds. The standard InChI is InChI=1S/C21H22N6O/c1-28-17-8-4-7-16-18(17)25-21(22)27-13-15(24-20(16)27)12-14-6-5-9-23-19(14)26-10-2-3-11-26/h4-9,13H,2-3,10-12H2,1H3,(H2,22,25). The first-order chi connectivity index (χ1) is 13.7. The Kier molecular flexibility index (Phi) is 4.00. The van der Waals surface area contributed by atoms with Gasteiger partial charge in [0.15, 0.2) is 0 Å². The van der Waals surface area contributed by atoms with Crippen molar-refractivity contribution in [1.82, 2.24) is 19.4 Å². The molecule has 7 nitrogen and oxygen atoms in total. The van der Waals surface area contributed by atoms with Gasteiger partial charge in [-0.25, -0.2) is 15.0 Å². The van der Waals surface area contributed by atoms with Gasteiger partial charge in [0.1, 0.15) is 22.7 Å². The van der Waals surface area contributed by atoms with Gasteiger partial charge >= 0.3 is 0 Å². The molecule has 0 spiro atoms. The molecular formula is C21H22N6O. The molecule has 0 bridgehead atoms. The number of aromatic nitrogens is 4. The third kappa shape index (κ3) is 2.70. The lowest BCUT2D eigenvalue weighted by molar-refractivity contribution is 0.419. The summed E-state index contributed by atoms with van der Waals surface area (Å²) < 4.78 is 7.29. The number of benzene rings is 1. The zero-order chi connectivity index (χ0) is 19.1. The average molecular weight is 374 g/mol. The predicted molar refractivity (Wildman–Crippen MR) is 110 cm³/mol. The Labute approximate surface area is 162 Å². The Morgan fingerprint density at radius 2 is 1.96 bits per heavy atom. The molecule has 1 fully saturated rings. The first-order valence-corrected chi connectivity index (χ1v) is 9.53. The minimum absolute atomic E-state index is 0.400. The van der Waals surface area contributed by atoms with Crippen molar-refractivity contribution in [3.63, 3.8) is 0 Å². The maximum absolute atomic E-state index is 6.22. The van der Waals surface area contributed by atoms with E-state index in [0.29, 0.717) is 18.1 Å². The predicted octanol–water partition coefficient (Wildman–Crippen LogP) is 3.06. The number of nitrogens with zero attached hydrogens (tertiary/aromatic N) is 5. The minimum Gasteiger partial charge on any atom is -0.494 e. The Balaban J connectivity index is 1.60. The average Bonchev–Trinajstić information content (AvgIpc) is 3.39. The van der Waals surface area contributed by atoms with Crippen LogP contribution >= 0.6 is 0 Å². The summed E-state index contributed by atoms with van der Waals surface area (Å²) in [7, 11) is 1.64. The number of rotatable bonds is 4. The second-order valence-electron chi connectivity index (χ2n) is 7.11. The summed E-state index contributed by atoms with van der Waals surface area (Å²) in [4.78, 5) is 16.4. The number of fused-ring (bicyclic) bond motifs is 3. The number of methoxy groups -OCH3 is 1. The van der Waals surface area contributed by atoms with Gasteiger partial charge in [0.25, 0.3) is 0 Å². The van der Waals surface area contributed by atoms with Gasteiger partial charge in [0.05, 0.1) is 12.8 Å². The smallest absolute Gasteiger partial charge is 0.206 e. The molecule has 1 saturated heterocycles. The SMILES string of the molecule is COc1cccc2c1nc(N)n1cc(Cc3cccnc3N3CCCC3)nc21. The Morgan fingerprint density at radius 3 is 2.79 bits per heavy atom. The van der Waals surface area contributed by atoms with Crippen molar-refractivity contribution in [2.24, 2.45) is 0 Å².